The molecule has 30 heavy (non-hydrogen) atoms. The molecular weight excluding hydrogens is 409 g/mol. The highest BCUT2D eigenvalue weighted by Crippen LogP contribution is 2.13. The quantitative estimate of drug-likeness (QED) is 0.603. The maximum Gasteiger partial charge on any atom is 0.275 e. The Morgan fingerprint density at radius 3 is 2.37 bits per heavy atom. The Labute approximate surface area is 173 Å². The maximum atomic E-state index is 13.7. The van der Waals surface area contributed by atoms with Crippen LogP contribution in [0.5, 0.6) is 0 Å². The summed E-state index contributed by atoms with van der Waals surface area (Å²) in [5.41, 5.74) is -0.0371. The van der Waals surface area contributed by atoms with Crippen molar-refractivity contribution in [1.29, 1.82) is 0 Å². The molecule has 3 aromatic rings. The third-order valence-electron chi connectivity index (χ3n) is 4.43. The third kappa shape index (κ3) is 4.93. The lowest BCUT2D eigenvalue weighted by Gasteiger charge is -2.14. The van der Waals surface area contributed by atoms with Crippen molar-refractivity contribution in [2.24, 2.45) is 0 Å². The Bertz CT molecular complexity index is 1220. The lowest BCUT2D eigenvalue weighted by atomic mass is 10.2. The first-order chi connectivity index (χ1) is 14.3. The highest BCUT2D eigenvalue weighted by Gasteiger charge is 2.17. The molecule has 0 unspecified atom stereocenters. The SMILES string of the molecule is Cc1ccc(NS(=O)(=O)c2ccccc2)c(=O)n1CC(=O)NCc1ccccc1F. The Balaban J connectivity index is 1.77. The zero-order valence-electron chi connectivity index (χ0n) is 16.1. The second kappa shape index (κ2) is 8.91. The van der Waals surface area contributed by atoms with Crippen LogP contribution in [0.3, 0.4) is 0 Å². The van der Waals surface area contributed by atoms with Crippen LogP contribution in [0, 0.1) is 12.7 Å². The van der Waals surface area contributed by atoms with Gasteiger partial charge in [-0.25, -0.2) is 12.8 Å². The number of benzene rings is 2. The molecule has 0 spiro atoms. The number of sulfonamides is 1. The molecule has 0 aliphatic heterocycles. The summed E-state index contributed by atoms with van der Waals surface area (Å²) >= 11 is 0. The van der Waals surface area contributed by atoms with Gasteiger partial charge < -0.3 is 9.88 Å². The van der Waals surface area contributed by atoms with Gasteiger partial charge in [0, 0.05) is 17.8 Å². The molecule has 1 aromatic heterocycles. The molecule has 0 saturated carbocycles. The predicted molar refractivity (Wildman–Crippen MR) is 111 cm³/mol. The number of amides is 1. The third-order valence-corrected chi connectivity index (χ3v) is 5.81. The summed E-state index contributed by atoms with van der Waals surface area (Å²) in [5.74, 6) is -0.949. The molecule has 156 valence electrons. The molecule has 9 heteroatoms. The molecule has 2 aromatic carbocycles. The first-order valence-electron chi connectivity index (χ1n) is 9.06. The number of carbonyl (C=O) groups excluding carboxylic acids is 1. The second-order valence-corrected chi connectivity index (χ2v) is 8.25. The maximum absolute atomic E-state index is 13.7. The van der Waals surface area contributed by atoms with Crippen LogP contribution in [0.25, 0.3) is 0 Å². The highest BCUT2D eigenvalue weighted by atomic mass is 32.2. The molecule has 0 bridgehead atoms. The fourth-order valence-electron chi connectivity index (χ4n) is 2.78. The molecule has 0 radical (unpaired) electrons. The number of anilines is 1. The number of rotatable bonds is 7. The largest absolute Gasteiger partial charge is 0.350 e. The van der Waals surface area contributed by atoms with Crippen molar-refractivity contribution in [3.63, 3.8) is 0 Å². The summed E-state index contributed by atoms with van der Waals surface area (Å²) in [5, 5.41) is 2.56. The van der Waals surface area contributed by atoms with Gasteiger partial charge in [-0.3, -0.25) is 14.3 Å². The van der Waals surface area contributed by atoms with Crippen LogP contribution in [0.15, 0.2) is 76.4 Å². The van der Waals surface area contributed by atoms with E-state index in [1.807, 2.05) is 0 Å². The molecule has 3 rings (SSSR count). The number of nitrogens with one attached hydrogen (secondary N) is 2. The summed E-state index contributed by atoms with van der Waals surface area (Å²) in [7, 11) is -3.95. The van der Waals surface area contributed by atoms with E-state index in [1.54, 1.807) is 43.3 Å². The Morgan fingerprint density at radius 1 is 1.00 bits per heavy atom. The van der Waals surface area contributed by atoms with Crippen LogP contribution in [0.4, 0.5) is 10.1 Å². The number of hydrogen-bond donors (Lipinski definition) is 2. The van der Waals surface area contributed by atoms with Gasteiger partial charge in [0.1, 0.15) is 18.0 Å². The molecule has 1 heterocycles. The summed E-state index contributed by atoms with van der Waals surface area (Å²) in [6.45, 7) is 1.26. The van der Waals surface area contributed by atoms with Gasteiger partial charge >= 0.3 is 0 Å². The molecule has 0 atom stereocenters. The van der Waals surface area contributed by atoms with Crippen molar-refractivity contribution >= 4 is 21.6 Å². The van der Waals surface area contributed by atoms with Gasteiger partial charge in [0.2, 0.25) is 5.91 Å². The number of pyridine rings is 1. The zero-order chi connectivity index (χ0) is 21.7. The minimum absolute atomic E-state index is 0.0131. The van der Waals surface area contributed by atoms with Crippen LogP contribution in [0.1, 0.15) is 11.3 Å². The van der Waals surface area contributed by atoms with Crippen molar-refractivity contribution in [1.82, 2.24) is 9.88 Å². The number of aromatic nitrogens is 1. The average Bonchev–Trinajstić information content (AvgIpc) is 2.73. The average molecular weight is 429 g/mol. The van der Waals surface area contributed by atoms with Gasteiger partial charge in [-0.05, 0) is 37.3 Å². The fraction of sp³-hybridized carbons (Fsp3) is 0.143. The van der Waals surface area contributed by atoms with E-state index in [1.165, 1.54) is 30.3 Å². The van der Waals surface area contributed by atoms with Crippen LogP contribution >= 0.6 is 0 Å². The molecule has 0 saturated heterocycles. The summed E-state index contributed by atoms with van der Waals surface area (Å²) in [4.78, 5) is 25.1. The van der Waals surface area contributed by atoms with Crippen molar-refractivity contribution in [3.05, 3.63) is 94.2 Å². The van der Waals surface area contributed by atoms with E-state index in [9.17, 15) is 22.4 Å². The minimum Gasteiger partial charge on any atom is -0.350 e. The van der Waals surface area contributed by atoms with E-state index in [-0.39, 0.29) is 23.7 Å². The lowest BCUT2D eigenvalue weighted by molar-refractivity contribution is -0.121. The van der Waals surface area contributed by atoms with E-state index in [0.717, 1.165) is 4.57 Å². The van der Waals surface area contributed by atoms with Crippen molar-refractivity contribution < 1.29 is 17.6 Å². The van der Waals surface area contributed by atoms with Gasteiger partial charge in [0.05, 0.1) is 4.90 Å². The predicted octanol–water partition coefficient (Wildman–Crippen LogP) is 2.41. The van der Waals surface area contributed by atoms with E-state index >= 15 is 0 Å². The molecule has 2 N–H and O–H groups in total. The fourth-order valence-corrected chi connectivity index (χ4v) is 3.86. The normalized spacial score (nSPS) is 11.1. The Kier molecular flexibility index (Phi) is 6.31. The van der Waals surface area contributed by atoms with Crippen LogP contribution in [-0.4, -0.2) is 18.9 Å². The summed E-state index contributed by atoms with van der Waals surface area (Å²) in [6.07, 6.45) is 0. The van der Waals surface area contributed by atoms with Gasteiger partial charge in [-0.2, -0.15) is 0 Å². The highest BCUT2D eigenvalue weighted by molar-refractivity contribution is 7.92. The van der Waals surface area contributed by atoms with E-state index < -0.39 is 27.3 Å². The van der Waals surface area contributed by atoms with E-state index in [4.69, 9.17) is 0 Å². The van der Waals surface area contributed by atoms with Crippen LogP contribution in [-0.2, 0) is 27.9 Å². The molecule has 0 aliphatic rings. The van der Waals surface area contributed by atoms with Crippen molar-refractivity contribution in [2.75, 3.05) is 4.72 Å². The molecule has 1 amide bonds. The second-order valence-electron chi connectivity index (χ2n) is 6.57. The van der Waals surface area contributed by atoms with E-state index in [2.05, 4.69) is 10.0 Å². The Hall–Kier alpha value is -3.46. The zero-order valence-corrected chi connectivity index (χ0v) is 16.9. The first kappa shape index (κ1) is 21.3. The molecule has 7 nitrogen and oxygen atoms in total. The topological polar surface area (TPSA) is 97.3 Å². The van der Waals surface area contributed by atoms with Gasteiger partial charge in [-0.1, -0.05) is 36.4 Å². The van der Waals surface area contributed by atoms with Gasteiger partial charge in [0.25, 0.3) is 15.6 Å². The summed E-state index contributed by atoms with van der Waals surface area (Å²) in [6, 6.07) is 16.6. The number of aryl methyl sites for hydroxylation is 1. The Morgan fingerprint density at radius 2 is 1.67 bits per heavy atom. The standard InChI is InChI=1S/C21H20FN3O4S/c1-15-11-12-19(24-30(28,29)17-8-3-2-4-9-17)21(27)25(15)14-20(26)23-13-16-7-5-6-10-18(16)22/h2-12,24H,13-14H2,1H3,(H,23,26). The minimum atomic E-state index is -3.95. The molecule has 0 aliphatic carbocycles. The van der Waals surface area contributed by atoms with Crippen molar-refractivity contribution in [2.45, 2.75) is 24.9 Å². The van der Waals surface area contributed by atoms with Gasteiger partial charge in [-0.15, -0.1) is 0 Å². The van der Waals surface area contributed by atoms with Crippen LogP contribution < -0.4 is 15.6 Å². The molecular formula is C21H20FN3O4S. The number of hydrogen-bond acceptors (Lipinski definition) is 4. The summed E-state index contributed by atoms with van der Waals surface area (Å²) < 4.78 is 42.1. The van der Waals surface area contributed by atoms with Crippen molar-refractivity contribution in [3.8, 4) is 0 Å². The first-order valence-corrected chi connectivity index (χ1v) is 10.5. The lowest BCUT2D eigenvalue weighted by Crippen LogP contribution is -2.34. The molecule has 0 fully saturated rings. The number of halogens is 1. The van der Waals surface area contributed by atoms with Crippen LogP contribution in [0.2, 0.25) is 0 Å². The number of carbonyl (C=O) groups is 1. The van der Waals surface area contributed by atoms with E-state index in [0.29, 0.717) is 11.3 Å². The smallest absolute Gasteiger partial charge is 0.275 e. The van der Waals surface area contributed by atoms with Gasteiger partial charge in [0.15, 0.2) is 0 Å². The monoisotopic (exact) mass is 429 g/mol. The number of nitrogens with zero attached hydrogens (tertiary/aromatic N) is 1.